The van der Waals surface area contributed by atoms with Crippen LogP contribution in [0.3, 0.4) is 0 Å². The molecule has 140 heavy (non-hydrogen) atoms. The normalized spacial score (nSPS) is 11.8. The summed E-state index contributed by atoms with van der Waals surface area (Å²) in [5.41, 5.74) is 0. The molecule has 0 fully saturated rings. The van der Waals surface area contributed by atoms with E-state index in [0.717, 1.165) is 12.8 Å². The highest BCUT2D eigenvalue weighted by Gasteiger charge is 2.08. The van der Waals surface area contributed by atoms with Crippen LogP contribution >= 0.6 is 0 Å². The van der Waals surface area contributed by atoms with Gasteiger partial charge >= 0.3 is 5.97 Å². The summed E-state index contributed by atoms with van der Waals surface area (Å²) in [6.45, 7) is 39.5. The first-order chi connectivity index (χ1) is 69.8. The number of ether oxygens (including phenoxy) is 40. The molecule has 0 saturated carbocycles. The third-order valence-electron chi connectivity index (χ3n) is 18.8. The lowest BCUT2D eigenvalue weighted by molar-refractivity contribution is -0.145. The minimum Gasteiger partial charge on any atom is -0.463 e. The quantitative estimate of drug-likeness (QED) is 0.0506. The van der Waals surface area contributed by atoms with E-state index in [-0.39, 0.29) is 19.2 Å². The molecule has 0 aliphatic carbocycles. The summed E-state index contributed by atoms with van der Waals surface area (Å²) in [4.78, 5) is 12.0. The van der Waals surface area contributed by atoms with Gasteiger partial charge in [0.15, 0.2) is 0 Å². The number of hydrogen-bond acceptors (Lipinski definition) is 42. The highest BCUT2D eigenvalue weighted by atomic mass is 16.6. The molecule has 0 aliphatic rings. The van der Waals surface area contributed by atoms with Crippen molar-refractivity contribution in [1.29, 1.82) is 0 Å². The molecule has 0 bridgehead atoms. The fraction of sp³-hybridized carbons (Fsp3) is 0.990. The van der Waals surface area contributed by atoms with E-state index < -0.39 is 0 Å². The van der Waals surface area contributed by atoms with Crippen molar-refractivity contribution in [2.75, 3.05) is 529 Å². The number of aliphatic hydroxyl groups excluding tert-OH is 1. The molecule has 0 saturated heterocycles. The van der Waals surface area contributed by atoms with E-state index in [4.69, 9.17) is 195 Å². The van der Waals surface area contributed by atoms with Crippen molar-refractivity contribution >= 4 is 5.97 Å². The molecule has 1 N–H and O–H groups in total. The summed E-state index contributed by atoms with van der Waals surface area (Å²) < 4.78 is 221. The van der Waals surface area contributed by atoms with Gasteiger partial charge in [-0.05, 0) is 6.42 Å². The predicted molar refractivity (Wildman–Crippen MR) is 520 cm³/mol. The van der Waals surface area contributed by atoms with E-state index in [2.05, 4.69) is 6.92 Å². The maximum atomic E-state index is 12.0. The molecule has 42 nitrogen and oxygen atoms in total. The number of hydrogen-bond donors (Lipinski definition) is 1. The monoisotopic (exact) mass is 2050 g/mol. The van der Waals surface area contributed by atoms with Crippen LogP contribution in [0.4, 0.5) is 0 Å². The maximum absolute atomic E-state index is 12.0. The average molecular weight is 2050 g/mol. The van der Waals surface area contributed by atoms with Crippen LogP contribution in [-0.4, -0.2) is 540 Å². The highest BCUT2D eigenvalue weighted by Crippen LogP contribution is 2.14. The largest absolute Gasteiger partial charge is 0.463 e. The molecule has 42 heteroatoms. The first-order valence-corrected chi connectivity index (χ1v) is 52.1. The lowest BCUT2D eigenvalue weighted by atomic mass is 10.0. The van der Waals surface area contributed by atoms with Crippen LogP contribution in [0.15, 0.2) is 0 Å². The van der Waals surface area contributed by atoms with Crippen molar-refractivity contribution in [3.63, 3.8) is 0 Å². The second-order valence-electron chi connectivity index (χ2n) is 30.5. The Morgan fingerprint density at radius 3 is 0.307 bits per heavy atom. The molecule has 0 unspecified atom stereocenters. The Hall–Kier alpha value is -2.13. The zero-order valence-corrected chi connectivity index (χ0v) is 86.6. The van der Waals surface area contributed by atoms with E-state index >= 15 is 0 Å². The molecule has 0 amide bonds. The molecule has 0 aromatic heterocycles. The van der Waals surface area contributed by atoms with Crippen LogP contribution in [0.25, 0.3) is 0 Å². The number of carbonyl (C=O) groups is 1. The summed E-state index contributed by atoms with van der Waals surface area (Å²) in [6.07, 6.45) is 20.1. The first-order valence-electron chi connectivity index (χ1n) is 52.1. The number of aliphatic hydroxyl groups is 1. The van der Waals surface area contributed by atoms with Crippen LogP contribution in [0.2, 0.25) is 0 Å². The van der Waals surface area contributed by atoms with Crippen LogP contribution in [0.5, 0.6) is 0 Å². The van der Waals surface area contributed by atoms with Gasteiger partial charge in [0.05, 0.1) is 522 Å². The second kappa shape index (κ2) is 135. The van der Waals surface area contributed by atoms with Gasteiger partial charge in [-0.15, -0.1) is 0 Å². The highest BCUT2D eigenvalue weighted by molar-refractivity contribution is 5.69. The Morgan fingerprint density at radius 1 is 0.121 bits per heavy atom. The number of esters is 1. The van der Waals surface area contributed by atoms with Crippen LogP contribution < -0.4 is 0 Å². The zero-order valence-electron chi connectivity index (χ0n) is 86.6. The predicted octanol–water partition coefficient (Wildman–Crippen LogP) is 6.43. The van der Waals surface area contributed by atoms with Crippen molar-refractivity contribution in [2.24, 2.45) is 0 Å². The molecule has 0 rings (SSSR count). The summed E-state index contributed by atoms with van der Waals surface area (Å²) in [5, 5.41) is 8.63. The first kappa shape index (κ1) is 138. The third-order valence-corrected chi connectivity index (χ3v) is 18.8. The van der Waals surface area contributed by atoms with E-state index in [0.29, 0.717) is 522 Å². The van der Waals surface area contributed by atoms with Crippen LogP contribution in [-0.2, 0) is 194 Å². The van der Waals surface area contributed by atoms with Crippen LogP contribution in [0, 0.1) is 0 Å². The van der Waals surface area contributed by atoms with Gasteiger partial charge in [0.2, 0.25) is 0 Å². The minimum atomic E-state index is -0.139. The standard InChI is InChI=1S/C98H196O42/c1-2-3-4-5-6-7-8-9-10-11-12-13-14-15-16-17-98(100)140-97-96-139-95-94-138-93-92-137-91-90-136-89-88-135-87-86-134-85-84-133-83-82-132-81-80-131-79-78-130-77-76-129-75-74-128-73-72-127-71-70-126-69-68-125-67-66-124-65-64-123-63-62-122-61-60-121-59-58-120-57-56-119-55-54-118-53-52-117-51-50-116-49-48-115-47-46-114-45-44-113-43-42-112-41-40-111-39-38-110-37-36-109-35-34-108-33-32-107-31-30-106-29-28-105-27-26-104-25-24-103-23-22-102-21-20-101-19-18-99/h99H,2-97H2,1H3. The van der Waals surface area contributed by atoms with E-state index in [1.165, 1.54) is 83.5 Å². The zero-order chi connectivity index (χ0) is 99.7. The van der Waals surface area contributed by atoms with Gasteiger partial charge in [-0.3, -0.25) is 4.79 Å². The molecule has 0 aliphatic heterocycles. The van der Waals surface area contributed by atoms with Gasteiger partial charge in [-0.25, -0.2) is 0 Å². The number of rotatable bonds is 135. The molecule has 0 spiro atoms. The second-order valence-corrected chi connectivity index (χ2v) is 30.5. The van der Waals surface area contributed by atoms with E-state index in [1.807, 2.05) is 0 Å². The maximum Gasteiger partial charge on any atom is 0.305 e. The number of carbonyl (C=O) groups excluding carboxylic acids is 1. The lowest BCUT2D eigenvalue weighted by Gasteiger charge is -2.09. The van der Waals surface area contributed by atoms with E-state index in [9.17, 15) is 4.79 Å². The van der Waals surface area contributed by atoms with Gasteiger partial charge in [0.1, 0.15) is 6.61 Å². The fourth-order valence-corrected chi connectivity index (χ4v) is 11.5. The summed E-state index contributed by atoms with van der Waals surface area (Å²) in [6, 6.07) is 0. The van der Waals surface area contributed by atoms with Gasteiger partial charge in [0, 0.05) is 6.42 Å². The molecule has 840 valence electrons. The Bertz CT molecular complexity index is 2060. The van der Waals surface area contributed by atoms with Crippen molar-refractivity contribution in [3.05, 3.63) is 0 Å². The Kier molecular flexibility index (Phi) is 133. The Morgan fingerprint density at radius 2 is 0.207 bits per heavy atom. The molecular formula is C98H196O42. The minimum absolute atomic E-state index is 0.0145. The Labute approximate surface area is 840 Å². The topological polar surface area (TPSA) is 407 Å². The fourth-order valence-electron chi connectivity index (χ4n) is 11.5. The van der Waals surface area contributed by atoms with Gasteiger partial charge < -0.3 is 195 Å². The van der Waals surface area contributed by atoms with Crippen molar-refractivity contribution in [3.8, 4) is 0 Å². The molecule has 0 heterocycles. The van der Waals surface area contributed by atoms with Crippen molar-refractivity contribution in [1.82, 2.24) is 0 Å². The van der Waals surface area contributed by atoms with Gasteiger partial charge in [-0.2, -0.15) is 0 Å². The average Bonchev–Trinajstić information content (AvgIpc) is 1.04. The van der Waals surface area contributed by atoms with Crippen molar-refractivity contribution in [2.45, 2.75) is 110 Å². The molecular weight excluding hydrogens is 1850 g/mol. The third kappa shape index (κ3) is 134. The molecule has 0 aromatic rings. The summed E-state index contributed by atoms with van der Waals surface area (Å²) in [7, 11) is 0. The number of unbranched alkanes of at least 4 members (excludes halogenated alkanes) is 14. The van der Waals surface area contributed by atoms with E-state index in [1.54, 1.807) is 0 Å². The Balaban J connectivity index is 3.12. The van der Waals surface area contributed by atoms with Gasteiger partial charge in [-0.1, -0.05) is 96.8 Å². The molecule has 0 radical (unpaired) electrons. The molecule has 0 aromatic carbocycles. The van der Waals surface area contributed by atoms with Crippen molar-refractivity contribution < 1.29 is 199 Å². The van der Waals surface area contributed by atoms with Crippen LogP contribution in [0.1, 0.15) is 110 Å². The SMILES string of the molecule is CCCCCCCCCCCCCCCCCC(=O)OCCOCCOCCOCCOCCOCCOCCOCCOCCOCCOCCOCCOCCOCCOCCOCCOCCOCCOCCOCCOCCOCCOCCOCCOCCOCCOCCOCCOCCOCCOCCOCCOCCOCCOCCOCCOCCOCCOCCOCCO. The summed E-state index contributed by atoms with van der Waals surface area (Å²) >= 11 is 0. The lowest BCUT2D eigenvalue weighted by Crippen LogP contribution is -2.16. The summed E-state index contributed by atoms with van der Waals surface area (Å²) in [5.74, 6) is -0.139. The smallest absolute Gasteiger partial charge is 0.305 e. The molecule has 0 atom stereocenters. The van der Waals surface area contributed by atoms with Gasteiger partial charge in [0.25, 0.3) is 0 Å².